The third-order valence-electron chi connectivity index (χ3n) is 4.37. The number of rotatable bonds is 9. The van der Waals surface area contributed by atoms with Gasteiger partial charge >= 0.3 is 6.43 Å². The molecule has 2 atom stereocenters. The van der Waals surface area contributed by atoms with Crippen LogP contribution in [-0.4, -0.2) is 40.3 Å². The summed E-state index contributed by atoms with van der Waals surface area (Å²) in [4.78, 5) is 15.4. The molecule has 0 radical (unpaired) electrons. The van der Waals surface area contributed by atoms with E-state index in [1.165, 1.54) is 18.3 Å². The second-order valence-electron chi connectivity index (χ2n) is 6.41. The van der Waals surface area contributed by atoms with Gasteiger partial charge < -0.3 is 20.3 Å². The molecule has 0 saturated heterocycles. The number of pyridine rings is 1. The molecular formula is C20H19F3N4O3. The van der Waals surface area contributed by atoms with Gasteiger partial charge in [-0.05, 0) is 17.2 Å². The largest absolute Gasteiger partial charge is 0.386 e. The van der Waals surface area contributed by atoms with Gasteiger partial charge in [0.15, 0.2) is 0 Å². The van der Waals surface area contributed by atoms with Crippen molar-refractivity contribution in [2.75, 3.05) is 12.0 Å². The zero-order valence-corrected chi connectivity index (χ0v) is 15.6. The fourth-order valence-electron chi connectivity index (χ4n) is 2.74. The van der Waals surface area contributed by atoms with Gasteiger partial charge in [0.25, 0.3) is 5.91 Å². The van der Waals surface area contributed by atoms with Crippen molar-refractivity contribution in [1.82, 2.24) is 15.5 Å². The van der Waals surface area contributed by atoms with Gasteiger partial charge in [-0.15, -0.1) is 0 Å². The summed E-state index contributed by atoms with van der Waals surface area (Å²) in [5.41, 5.74) is 2.67. The molecule has 3 rings (SSSR count). The van der Waals surface area contributed by atoms with Gasteiger partial charge in [0.05, 0.1) is 24.5 Å². The third kappa shape index (κ3) is 5.35. The average molecular weight is 420 g/mol. The van der Waals surface area contributed by atoms with Crippen LogP contribution < -0.4 is 10.6 Å². The number of nitrogens with one attached hydrogen (secondary N) is 2. The molecule has 1 amide bonds. The highest BCUT2D eigenvalue weighted by molar-refractivity contribution is 5.79. The zero-order chi connectivity index (χ0) is 21.5. The van der Waals surface area contributed by atoms with Crippen LogP contribution in [0.1, 0.15) is 17.4 Å². The molecule has 0 bridgehead atoms. The number of hydrogen-bond acceptors (Lipinski definition) is 6. The van der Waals surface area contributed by atoms with E-state index in [1.807, 2.05) is 12.1 Å². The quantitative estimate of drug-likeness (QED) is 0.492. The molecule has 10 heteroatoms. The Kier molecular flexibility index (Phi) is 7.02. The first kappa shape index (κ1) is 21.3. The van der Waals surface area contributed by atoms with Crippen molar-refractivity contribution in [2.24, 2.45) is 0 Å². The van der Waals surface area contributed by atoms with E-state index in [0.717, 1.165) is 16.8 Å². The minimum absolute atomic E-state index is 0.289. The first-order valence-corrected chi connectivity index (χ1v) is 9.00. The smallest absolute Gasteiger partial charge is 0.315 e. The first-order valence-electron chi connectivity index (χ1n) is 9.00. The second-order valence-corrected chi connectivity index (χ2v) is 6.41. The number of anilines is 1. The van der Waals surface area contributed by atoms with Crippen LogP contribution in [0.5, 0.6) is 0 Å². The summed E-state index contributed by atoms with van der Waals surface area (Å²) >= 11 is 0. The van der Waals surface area contributed by atoms with Crippen molar-refractivity contribution >= 4 is 11.8 Å². The number of carbonyl (C=O) groups excluding carboxylic acids is 1. The Morgan fingerprint density at radius 3 is 2.40 bits per heavy atom. The Labute approximate surface area is 169 Å². The van der Waals surface area contributed by atoms with E-state index in [1.54, 1.807) is 29.7 Å². The van der Waals surface area contributed by atoms with E-state index < -0.39 is 31.2 Å². The number of alkyl halides is 3. The molecule has 3 N–H and O–H groups in total. The maximum atomic E-state index is 13.1. The van der Waals surface area contributed by atoms with Crippen LogP contribution >= 0.6 is 0 Å². The lowest BCUT2D eigenvalue weighted by Gasteiger charge is -2.22. The molecule has 2 aromatic heterocycles. The number of aliphatic hydroxyl groups is 1. The minimum atomic E-state index is -3.28. The van der Waals surface area contributed by atoms with Gasteiger partial charge in [0.1, 0.15) is 12.8 Å². The van der Waals surface area contributed by atoms with Crippen LogP contribution in [0.3, 0.4) is 0 Å². The Hall–Kier alpha value is -3.40. The highest BCUT2D eigenvalue weighted by atomic mass is 19.3. The molecule has 1 aromatic carbocycles. The Morgan fingerprint density at radius 1 is 1.10 bits per heavy atom. The van der Waals surface area contributed by atoms with Crippen molar-refractivity contribution in [3.05, 3.63) is 66.1 Å². The third-order valence-corrected chi connectivity index (χ3v) is 4.37. The van der Waals surface area contributed by atoms with E-state index in [9.17, 15) is 23.1 Å². The number of halogens is 3. The fraction of sp³-hybridized carbons (Fsp3) is 0.250. The Bertz CT molecular complexity index is 935. The van der Waals surface area contributed by atoms with Crippen molar-refractivity contribution in [3.8, 4) is 11.1 Å². The number of nitrogens with zero attached hydrogens (tertiary/aromatic N) is 2. The molecule has 0 aliphatic carbocycles. The Morgan fingerprint density at radius 2 is 1.83 bits per heavy atom. The van der Waals surface area contributed by atoms with Crippen LogP contribution in [0.25, 0.3) is 11.1 Å². The number of benzene rings is 1. The zero-order valence-electron chi connectivity index (χ0n) is 15.6. The molecule has 0 spiro atoms. The standard InChI is InChI=1S/C20H19F3N4O3/c21-9-16(27-20(29)19(22)23)18(28)13-3-1-12(2-4-13)14-5-6-15(24-10-14)11-25-17-7-8-26-30-17/h1-8,10,16,18-19,25,28H,9,11H2,(H,27,29)/t16-,18-/m1/s1. The van der Waals surface area contributed by atoms with Crippen molar-refractivity contribution < 1.29 is 27.6 Å². The van der Waals surface area contributed by atoms with Gasteiger partial charge in [0.2, 0.25) is 5.88 Å². The predicted octanol–water partition coefficient (Wildman–Crippen LogP) is 3.10. The number of aliphatic hydroxyl groups excluding tert-OH is 1. The lowest BCUT2D eigenvalue weighted by Crippen LogP contribution is -2.43. The number of aromatic nitrogens is 2. The van der Waals surface area contributed by atoms with E-state index in [-0.39, 0.29) is 5.56 Å². The summed E-state index contributed by atoms with van der Waals surface area (Å²) in [6, 6.07) is 10.4. The monoisotopic (exact) mass is 420 g/mol. The number of carbonyl (C=O) groups is 1. The van der Waals surface area contributed by atoms with Crippen LogP contribution in [0, 0.1) is 0 Å². The molecule has 158 valence electrons. The minimum Gasteiger partial charge on any atom is -0.386 e. The summed E-state index contributed by atoms with van der Waals surface area (Å²) in [6.07, 6.45) is -1.54. The maximum Gasteiger partial charge on any atom is 0.315 e. The van der Waals surface area contributed by atoms with E-state index in [4.69, 9.17) is 4.52 Å². The molecule has 0 unspecified atom stereocenters. The van der Waals surface area contributed by atoms with Crippen LogP contribution in [0.4, 0.5) is 19.1 Å². The summed E-state index contributed by atoms with van der Waals surface area (Å²) in [5.74, 6) is -1.09. The molecule has 0 fully saturated rings. The van der Waals surface area contributed by atoms with Crippen LogP contribution in [-0.2, 0) is 11.3 Å². The summed E-state index contributed by atoms with van der Waals surface area (Å²) in [6.45, 7) is -0.732. The summed E-state index contributed by atoms with van der Waals surface area (Å²) in [5, 5.41) is 18.6. The molecular weight excluding hydrogens is 401 g/mol. The first-order chi connectivity index (χ1) is 14.5. The topological polar surface area (TPSA) is 100 Å². The maximum absolute atomic E-state index is 13.1. The summed E-state index contributed by atoms with van der Waals surface area (Å²) < 4.78 is 42.7. The van der Waals surface area contributed by atoms with Crippen molar-refractivity contribution in [3.63, 3.8) is 0 Å². The van der Waals surface area contributed by atoms with Gasteiger partial charge in [-0.25, -0.2) is 4.39 Å². The fourth-order valence-corrected chi connectivity index (χ4v) is 2.74. The SMILES string of the molecule is O=C(N[C@H](CF)[C@H](O)c1ccc(-c2ccc(CNc3ccno3)nc2)cc1)C(F)F. The molecule has 0 aliphatic heterocycles. The molecule has 30 heavy (non-hydrogen) atoms. The van der Waals surface area contributed by atoms with E-state index >= 15 is 0 Å². The van der Waals surface area contributed by atoms with E-state index in [2.05, 4.69) is 15.5 Å². The molecule has 0 aliphatic rings. The molecule has 2 heterocycles. The summed E-state index contributed by atoms with van der Waals surface area (Å²) in [7, 11) is 0. The average Bonchev–Trinajstić information content (AvgIpc) is 3.29. The van der Waals surface area contributed by atoms with Gasteiger partial charge in [0, 0.05) is 17.8 Å². The molecule has 0 saturated carbocycles. The van der Waals surface area contributed by atoms with E-state index in [0.29, 0.717) is 12.4 Å². The molecule has 7 nitrogen and oxygen atoms in total. The Balaban J connectivity index is 1.63. The van der Waals surface area contributed by atoms with Gasteiger partial charge in [-0.1, -0.05) is 35.5 Å². The molecule has 3 aromatic rings. The number of amides is 1. The number of hydrogen-bond donors (Lipinski definition) is 3. The van der Waals surface area contributed by atoms with Crippen molar-refractivity contribution in [1.29, 1.82) is 0 Å². The predicted molar refractivity (Wildman–Crippen MR) is 102 cm³/mol. The highest BCUT2D eigenvalue weighted by Gasteiger charge is 2.26. The van der Waals surface area contributed by atoms with Gasteiger partial charge in [-0.2, -0.15) is 8.78 Å². The van der Waals surface area contributed by atoms with Crippen LogP contribution in [0.15, 0.2) is 59.4 Å². The highest BCUT2D eigenvalue weighted by Crippen LogP contribution is 2.24. The normalized spacial score (nSPS) is 13.1. The second kappa shape index (κ2) is 9.88. The lowest BCUT2D eigenvalue weighted by atomic mass is 9.99. The lowest BCUT2D eigenvalue weighted by molar-refractivity contribution is -0.133. The van der Waals surface area contributed by atoms with Gasteiger partial charge in [-0.3, -0.25) is 9.78 Å². The van der Waals surface area contributed by atoms with Crippen molar-refractivity contribution in [2.45, 2.75) is 25.1 Å². The van der Waals surface area contributed by atoms with Crippen LogP contribution in [0.2, 0.25) is 0 Å².